The SMILES string of the molecule is C=C/C=C1\CCCC(/C=C/C)=C1C(=C)CCC(=C)SC#N.CC.CC. The van der Waals surface area contributed by atoms with Crippen LogP contribution in [0.25, 0.3) is 0 Å². The van der Waals surface area contributed by atoms with Gasteiger partial charge in [0.1, 0.15) is 5.40 Å². The summed E-state index contributed by atoms with van der Waals surface area (Å²) in [5.74, 6) is 0. The smallest absolute Gasteiger partial charge is 0.138 e. The fraction of sp³-hybridized carbons (Fsp3) is 0.435. The molecule has 1 nitrogen and oxygen atoms in total. The summed E-state index contributed by atoms with van der Waals surface area (Å²) in [6, 6.07) is 0. The molecule has 0 spiro atoms. The highest BCUT2D eigenvalue weighted by atomic mass is 32.2. The predicted octanol–water partition coefficient (Wildman–Crippen LogP) is 8.27. The van der Waals surface area contributed by atoms with Crippen LogP contribution in [-0.4, -0.2) is 0 Å². The van der Waals surface area contributed by atoms with Gasteiger partial charge in [0, 0.05) is 0 Å². The Morgan fingerprint density at radius 3 is 2.32 bits per heavy atom. The molecule has 138 valence electrons. The van der Waals surface area contributed by atoms with Gasteiger partial charge in [-0.15, -0.1) is 0 Å². The highest BCUT2D eigenvalue weighted by molar-refractivity contribution is 8.07. The maximum Gasteiger partial charge on any atom is 0.138 e. The topological polar surface area (TPSA) is 23.8 Å². The molecule has 0 aromatic rings. The summed E-state index contributed by atoms with van der Waals surface area (Å²) in [5, 5.41) is 10.7. The molecule has 0 saturated heterocycles. The molecule has 25 heavy (non-hydrogen) atoms. The molecular formula is C23H35NS. The first-order chi connectivity index (χ1) is 12.1. The number of rotatable bonds is 7. The van der Waals surface area contributed by atoms with Gasteiger partial charge >= 0.3 is 0 Å². The lowest BCUT2D eigenvalue weighted by Gasteiger charge is -2.23. The third-order valence-electron chi connectivity index (χ3n) is 3.47. The molecule has 0 fully saturated rings. The van der Waals surface area contributed by atoms with Gasteiger partial charge in [-0.25, -0.2) is 0 Å². The Hall–Kier alpha value is -1.72. The van der Waals surface area contributed by atoms with E-state index in [9.17, 15) is 0 Å². The fourth-order valence-electron chi connectivity index (χ4n) is 2.59. The minimum absolute atomic E-state index is 0.797. The number of nitriles is 1. The molecule has 0 unspecified atom stereocenters. The van der Waals surface area contributed by atoms with Crippen LogP contribution in [0.2, 0.25) is 0 Å². The molecule has 0 radical (unpaired) electrons. The molecule has 0 aromatic heterocycles. The van der Waals surface area contributed by atoms with Gasteiger partial charge in [0.05, 0.1) is 0 Å². The van der Waals surface area contributed by atoms with Crippen molar-refractivity contribution in [1.82, 2.24) is 0 Å². The zero-order valence-corrected chi connectivity index (χ0v) is 17.6. The van der Waals surface area contributed by atoms with Gasteiger partial charge in [-0.2, -0.15) is 5.26 Å². The first-order valence-corrected chi connectivity index (χ1v) is 10.0. The van der Waals surface area contributed by atoms with Crippen LogP contribution in [0.4, 0.5) is 0 Å². The average molecular weight is 358 g/mol. The van der Waals surface area contributed by atoms with E-state index in [1.165, 1.54) is 23.1 Å². The molecule has 0 aromatic carbocycles. The van der Waals surface area contributed by atoms with Crippen molar-refractivity contribution < 1.29 is 0 Å². The van der Waals surface area contributed by atoms with Crippen LogP contribution < -0.4 is 0 Å². The van der Waals surface area contributed by atoms with E-state index < -0.39 is 0 Å². The lowest BCUT2D eigenvalue weighted by molar-refractivity contribution is 0.773. The normalized spacial score (nSPS) is 14.8. The second-order valence-electron chi connectivity index (χ2n) is 5.02. The summed E-state index contributed by atoms with van der Waals surface area (Å²) in [6.07, 6.45) is 13.2. The summed E-state index contributed by atoms with van der Waals surface area (Å²) in [5.41, 5.74) is 5.11. The lowest BCUT2D eigenvalue weighted by Crippen LogP contribution is -2.05. The van der Waals surface area contributed by atoms with Crippen molar-refractivity contribution in [3.63, 3.8) is 0 Å². The second kappa shape index (κ2) is 17.1. The number of thioether (sulfide) groups is 1. The van der Waals surface area contributed by atoms with Crippen molar-refractivity contribution in [1.29, 1.82) is 5.26 Å². The molecule has 1 rings (SSSR count). The standard InChI is InChI=1S/C19H23NS.2C2H6/c1-5-8-17-10-7-11-18(9-6-2)19(17)15(3)12-13-16(4)21-14-20;2*1-2/h5-6,8-9H,1,3-4,7,10-13H2,2H3;2*1-2H3/b9-6+,17-8+;;. The molecule has 0 aliphatic heterocycles. The molecule has 0 saturated carbocycles. The van der Waals surface area contributed by atoms with E-state index in [2.05, 4.69) is 43.4 Å². The summed E-state index contributed by atoms with van der Waals surface area (Å²) in [4.78, 5) is 0.900. The number of thiocyanates is 1. The lowest BCUT2D eigenvalue weighted by atomic mass is 9.82. The van der Waals surface area contributed by atoms with Gasteiger partial charge in [0.15, 0.2) is 0 Å². The zero-order valence-electron chi connectivity index (χ0n) is 16.8. The molecule has 1 aliphatic carbocycles. The minimum atomic E-state index is 0.797. The first kappa shape index (κ1) is 25.5. The van der Waals surface area contributed by atoms with Gasteiger partial charge in [-0.3, -0.25) is 0 Å². The Morgan fingerprint density at radius 1 is 1.16 bits per heavy atom. The zero-order chi connectivity index (χ0) is 19.7. The van der Waals surface area contributed by atoms with Gasteiger partial charge in [-0.1, -0.05) is 71.7 Å². The summed E-state index contributed by atoms with van der Waals surface area (Å²) in [6.45, 7) is 22.0. The van der Waals surface area contributed by atoms with Gasteiger partial charge in [-0.05, 0) is 78.0 Å². The Balaban J connectivity index is 0. The Morgan fingerprint density at radius 2 is 1.80 bits per heavy atom. The van der Waals surface area contributed by atoms with E-state index in [0.717, 1.165) is 47.9 Å². The van der Waals surface area contributed by atoms with Crippen LogP contribution in [0.3, 0.4) is 0 Å². The van der Waals surface area contributed by atoms with Gasteiger partial charge in [0.25, 0.3) is 0 Å². The van der Waals surface area contributed by atoms with E-state index >= 15 is 0 Å². The monoisotopic (exact) mass is 357 g/mol. The van der Waals surface area contributed by atoms with Crippen molar-refractivity contribution in [2.45, 2.75) is 66.7 Å². The van der Waals surface area contributed by atoms with E-state index in [1.54, 1.807) is 0 Å². The van der Waals surface area contributed by atoms with Crippen molar-refractivity contribution in [3.05, 3.63) is 71.2 Å². The van der Waals surface area contributed by atoms with Crippen LogP contribution >= 0.6 is 11.8 Å². The van der Waals surface area contributed by atoms with Crippen LogP contribution in [0.15, 0.2) is 71.2 Å². The third kappa shape index (κ3) is 9.99. The Kier molecular flexibility index (Phi) is 17.5. The number of hydrogen-bond acceptors (Lipinski definition) is 2. The van der Waals surface area contributed by atoms with Gasteiger partial charge < -0.3 is 0 Å². The molecule has 1 aliphatic rings. The van der Waals surface area contributed by atoms with E-state index in [4.69, 9.17) is 5.26 Å². The quantitative estimate of drug-likeness (QED) is 0.428. The van der Waals surface area contributed by atoms with Crippen LogP contribution in [-0.2, 0) is 0 Å². The second-order valence-corrected chi connectivity index (χ2v) is 5.98. The fourth-order valence-corrected chi connectivity index (χ4v) is 2.92. The number of hydrogen-bond donors (Lipinski definition) is 0. The molecule has 0 atom stereocenters. The Bertz CT molecular complexity index is 553. The number of nitrogens with zero attached hydrogens (tertiary/aromatic N) is 1. The molecule has 0 amide bonds. The minimum Gasteiger partial charge on any atom is -0.185 e. The van der Waals surface area contributed by atoms with Crippen LogP contribution in [0.5, 0.6) is 0 Å². The predicted molar refractivity (Wildman–Crippen MR) is 117 cm³/mol. The highest BCUT2D eigenvalue weighted by Gasteiger charge is 2.17. The summed E-state index contributed by atoms with van der Waals surface area (Å²) < 4.78 is 0. The van der Waals surface area contributed by atoms with Crippen LogP contribution in [0.1, 0.15) is 66.7 Å². The maximum absolute atomic E-state index is 8.67. The summed E-state index contributed by atoms with van der Waals surface area (Å²) in [7, 11) is 0. The molecule has 0 N–H and O–H groups in total. The van der Waals surface area contributed by atoms with Crippen molar-refractivity contribution in [3.8, 4) is 5.40 Å². The van der Waals surface area contributed by atoms with Crippen molar-refractivity contribution in [2.24, 2.45) is 0 Å². The molecule has 0 heterocycles. The maximum atomic E-state index is 8.67. The first-order valence-electron chi connectivity index (χ1n) is 9.23. The van der Waals surface area contributed by atoms with Crippen molar-refractivity contribution >= 4 is 11.8 Å². The van der Waals surface area contributed by atoms with E-state index in [-0.39, 0.29) is 0 Å². The van der Waals surface area contributed by atoms with E-state index in [1.807, 2.05) is 40.7 Å². The average Bonchev–Trinajstić information content (AvgIpc) is 2.64. The summed E-state index contributed by atoms with van der Waals surface area (Å²) >= 11 is 1.15. The largest absolute Gasteiger partial charge is 0.185 e. The molecule has 2 heteroatoms. The Labute approximate surface area is 160 Å². The molecule has 0 bridgehead atoms. The van der Waals surface area contributed by atoms with Crippen molar-refractivity contribution in [2.75, 3.05) is 0 Å². The highest BCUT2D eigenvalue weighted by Crippen LogP contribution is 2.37. The van der Waals surface area contributed by atoms with E-state index in [0.29, 0.717) is 0 Å². The van der Waals surface area contributed by atoms with Gasteiger partial charge in [0.2, 0.25) is 0 Å². The number of allylic oxidation sites excluding steroid dienone is 9. The third-order valence-corrected chi connectivity index (χ3v) is 4.05. The van der Waals surface area contributed by atoms with Crippen LogP contribution in [0, 0.1) is 10.7 Å². The molecular weight excluding hydrogens is 322 g/mol.